The minimum atomic E-state index is 0.784. The molecule has 0 N–H and O–H groups in total. The van der Waals surface area contributed by atoms with Crippen LogP contribution in [0, 0.1) is 0 Å². The maximum Gasteiger partial charge on any atom is 0.212 e. The zero-order valence-corrected chi connectivity index (χ0v) is 13.5. The maximum atomic E-state index is 5.27. The molecule has 0 radical (unpaired) electrons. The van der Waals surface area contributed by atoms with Crippen molar-refractivity contribution in [1.29, 1.82) is 0 Å². The molecule has 0 spiro atoms. The lowest BCUT2D eigenvalue weighted by molar-refractivity contribution is 0.414. The second-order valence-electron chi connectivity index (χ2n) is 5.24. The maximum absolute atomic E-state index is 5.27. The highest BCUT2D eigenvalue weighted by Gasteiger charge is 2.10. The van der Waals surface area contributed by atoms with E-state index < -0.39 is 0 Å². The molecule has 4 rings (SSSR count). The van der Waals surface area contributed by atoms with Crippen LogP contribution in [0.25, 0.3) is 16.2 Å². The largest absolute Gasteiger partial charge is 0.497 e. The first kappa shape index (κ1) is 14.0. The van der Waals surface area contributed by atoms with E-state index in [1.54, 1.807) is 18.4 Å². The van der Waals surface area contributed by atoms with Crippen molar-refractivity contribution < 1.29 is 4.74 Å². The lowest BCUT2D eigenvalue weighted by Crippen LogP contribution is -1.91. The summed E-state index contributed by atoms with van der Waals surface area (Å²) in [7, 11) is 1.68. The Balaban J connectivity index is 1.61. The molecular formula is C18H15N3OS. The molecule has 2 aromatic heterocycles. The van der Waals surface area contributed by atoms with Crippen LogP contribution in [0.3, 0.4) is 0 Å². The number of rotatable bonds is 4. The van der Waals surface area contributed by atoms with E-state index in [9.17, 15) is 0 Å². The second-order valence-corrected chi connectivity index (χ2v) is 6.28. The number of hydrogen-bond donors (Lipinski definition) is 0. The Hall–Kier alpha value is -2.66. The predicted molar refractivity (Wildman–Crippen MR) is 92.1 cm³/mol. The van der Waals surface area contributed by atoms with Gasteiger partial charge in [0.1, 0.15) is 10.8 Å². The average Bonchev–Trinajstić information content (AvgIpc) is 3.14. The van der Waals surface area contributed by atoms with Gasteiger partial charge < -0.3 is 4.74 Å². The van der Waals surface area contributed by atoms with E-state index in [2.05, 4.69) is 28.3 Å². The number of nitrogens with zero attached hydrogens (tertiary/aromatic N) is 3. The van der Waals surface area contributed by atoms with E-state index in [0.717, 1.165) is 33.4 Å². The molecule has 23 heavy (non-hydrogen) atoms. The molecular weight excluding hydrogens is 306 g/mol. The Bertz CT molecular complexity index is 912. The number of fused-ring (bicyclic) bond motifs is 1. The van der Waals surface area contributed by atoms with Gasteiger partial charge in [-0.2, -0.15) is 5.10 Å². The summed E-state index contributed by atoms with van der Waals surface area (Å²) in [5.41, 5.74) is 3.25. The lowest BCUT2D eigenvalue weighted by Gasteiger charge is -2.02. The second kappa shape index (κ2) is 5.85. The molecule has 0 amide bonds. The van der Waals surface area contributed by atoms with Crippen LogP contribution in [0.15, 0.2) is 60.8 Å². The third kappa shape index (κ3) is 2.83. The molecule has 0 saturated heterocycles. The van der Waals surface area contributed by atoms with Crippen LogP contribution >= 0.6 is 11.3 Å². The quantitative estimate of drug-likeness (QED) is 0.569. The summed E-state index contributed by atoms with van der Waals surface area (Å²) in [5, 5.41) is 5.68. The molecule has 4 nitrogen and oxygen atoms in total. The Morgan fingerprint density at radius 2 is 1.96 bits per heavy atom. The van der Waals surface area contributed by atoms with Crippen LogP contribution in [0.5, 0.6) is 5.75 Å². The monoisotopic (exact) mass is 321 g/mol. The van der Waals surface area contributed by atoms with Crippen LogP contribution in [-0.2, 0) is 6.42 Å². The van der Waals surface area contributed by atoms with Crippen LogP contribution < -0.4 is 4.74 Å². The molecule has 2 aromatic carbocycles. The predicted octanol–water partition coefficient (Wildman–Crippen LogP) is 4.06. The van der Waals surface area contributed by atoms with Crippen molar-refractivity contribution >= 4 is 16.3 Å². The highest BCUT2D eigenvalue weighted by Crippen LogP contribution is 2.24. The Morgan fingerprint density at radius 3 is 2.74 bits per heavy atom. The minimum Gasteiger partial charge on any atom is -0.497 e. The van der Waals surface area contributed by atoms with Gasteiger partial charge in [-0.25, -0.2) is 9.50 Å². The number of aromatic nitrogens is 3. The van der Waals surface area contributed by atoms with Crippen molar-refractivity contribution in [2.75, 3.05) is 7.11 Å². The molecule has 0 saturated carbocycles. The zero-order valence-electron chi connectivity index (χ0n) is 12.6. The van der Waals surface area contributed by atoms with Crippen LogP contribution in [0.2, 0.25) is 0 Å². The molecule has 2 heterocycles. The molecule has 0 aliphatic carbocycles. The molecule has 0 atom stereocenters. The van der Waals surface area contributed by atoms with Gasteiger partial charge in [0, 0.05) is 12.0 Å². The SMILES string of the molecule is COc1cccc(Cc2nn3cc(-c4ccccc4)nc3s2)c1. The third-order valence-corrected chi connectivity index (χ3v) is 4.57. The number of methoxy groups -OCH3 is 1. The Morgan fingerprint density at radius 1 is 1.09 bits per heavy atom. The summed E-state index contributed by atoms with van der Waals surface area (Å²) in [5.74, 6) is 0.871. The van der Waals surface area contributed by atoms with Gasteiger partial charge in [-0.1, -0.05) is 53.8 Å². The summed E-state index contributed by atoms with van der Waals surface area (Å²) in [6, 6.07) is 18.2. The highest BCUT2D eigenvalue weighted by molar-refractivity contribution is 7.16. The van der Waals surface area contributed by atoms with Crippen molar-refractivity contribution in [2.24, 2.45) is 0 Å². The normalized spacial score (nSPS) is 11.0. The summed E-state index contributed by atoms with van der Waals surface area (Å²) < 4.78 is 7.13. The number of benzene rings is 2. The Labute approximate surface area is 138 Å². The van der Waals surface area contributed by atoms with E-state index >= 15 is 0 Å². The molecule has 0 aliphatic heterocycles. The molecule has 0 fully saturated rings. The Kier molecular flexibility index (Phi) is 3.55. The number of imidazole rings is 1. The van der Waals surface area contributed by atoms with E-state index in [-0.39, 0.29) is 0 Å². The molecule has 5 heteroatoms. The van der Waals surface area contributed by atoms with Crippen molar-refractivity contribution in [3.63, 3.8) is 0 Å². The van der Waals surface area contributed by atoms with E-state index in [0.29, 0.717) is 0 Å². The summed E-state index contributed by atoms with van der Waals surface area (Å²) in [6.45, 7) is 0. The molecule has 114 valence electrons. The smallest absolute Gasteiger partial charge is 0.212 e. The molecule has 4 aromatic rings. The van der Waals surface area contributed by atoms with Crippen LogP contribution in [-0.4, -0.2) is 21.7 Å². The lowest BCUT2D eigenvalue weighted by atomic mass is 10.1. The number of ether oxygens (including phenoxy) is 1. The average molecular weight is 321 g/mol. The van der Waals surface area contributed by atoms with E-state index in [1.807, 2.05) is 47.1 Å². The van der Waals surface area contributed by atoms with Gasteiger partial charge in [0.05, 0.1) is 19.0 Å². The standard InChI is InChI=1S/C18H15N3OS/c1-22-15-9-5-6-13(10-15)11-17-20-21-12-16(19-18(21)23-17)14-7-3-2-4-8-14/h2-10,12H,11H2,1H3. The van der Waals surface area contributed by atoms with Crippen molar-refractivity contribution in [2.45, 2.75) is 6.42 Å². The molecule has 0 unspecified atom stereocenters. The van der Waals surface area contributed by atoms with Crippen LogP contribution in [0.4, 0.5) is 0 Å². The van der Waals surface area contributed by atoms with Crippen LogP contribution in [0.1, 0.15) is 10.6 Å². The van der Waals surface area contributed by atoms with Gasteiger partial charge in [-0.15, -0.1) is 0 Å². The summed E-state index contributed by atoms with van der Waals surface area (Å²) in [4.78, 5) is 5.59. The topological polar surface area (TPSA) is 39.4 Å². The number of hydrogen-bond acceptors (Lipinski definition) is 4. The minimum absolute atomic E-state index is 0.784. The fourth-order valence-corrected chi connectivity index (χ4v) is 3.43. The molecule has 0 aliphatic rings. The van der Waals surface area contributed by atoms with Crippen molar-refractivity contribution in [3.8, 4) is 17.0 Å². The fraction of sp³-hybridized carbons (Fsp3) is 0.111. The van der Waals surface area contributed by atoms with Gasteiger partial charge in [0.15, 0.2) is 0 Å². The summed E-state index contributed by atoms with van der Waals surface area (Å²) >= 11 is 1.62. The van der Waals surface area contributed by atoms with E-state index in [4.69, 9.17) is 4.74 Å². The van der Waals surface area contributed by atoms with Crippen molar-refractivity contribution in [3.05, 3.63) is 71.4 Å². The van der Waals surface area contributed by atoms with Gasteiger partial charge in [0.25, 0.3) is 0 Å². The first-order valence-corrected chi connectivity index (χ1v) is 8.17. The zero-order chi connectivity index (χ0) is 15.6. The van der Waals surface area contributed by atoms with E-state index in [1.165, 1.54) is 5.56 Å². The fourth-order valence-electron chi connectivity index (χ4n) is 2.52. The van der Waals surface area contributed by atoms with Crippen molar-refractivity contribution in [1.82, 2.24) is 14.6 Å². The van der Waals surface area contributed by atoms with Gasteiger partial charge in [0.2, 0.25) is 4.96 Å². The van der Waals surface area contributed by atoms with Gasteiger partial charge in [-0.05, 0) is 17.7 Å². The first-order chi connectivity index (χ1) is 11.3. The summed E-state index contributed by atoms with van der Waals surface area (Å²) in [6.07, 6.45) is 2.77. The third-order valence-electron chi connectivity index (χ3n) is 3.64. The highest BCUT2D eigenvalue weighted by atomic mass is 32.1. The van der Waals surface area contributed by atoms with Gasteiger partial charge >= 0.3 is 0 Å². The van der Waals surface area contributed by atoms with Gasteiger partial charge in [-0.3, -0.25) is 0 Å². The molecule has 0 bridgehead atoms. The first-order valence-electron chi connectivity index (χ1n) is 7.35.